The summed E-state index contributed by atoms with van der Waals surface area (Å²) in [5.41, 5.74) is 2.02. The van der Waals surface area contributed by atoms with E-state index in [4.69, 9.17) is 0 Å². The van der Waals surface area contributed by atoms with Gasteiger partial charge in [-0.25, -0.2) is 15.0 Å². The second-order valence-corrected chi connectivity index (χ2v) is 3.29. The van der Waals surface area contributed by atoms with Gasteiger partial charge in [0.1, 0.15) is 5.82 Å². The average molecular weight is 203 g/mol. The molecule has 0 aromatic carbocycles. The maximum atomic E-state index is 4.38. The van der Waals surface area contributed by atoms with E-state index < -0.39 is 0 Å². The summed E-state index contributed by atoms with van der Waals surface area (Å²) in [7, 11) is 1.85. The number of hydrogen-bond acceptors (Lipinski definition) is 4. The summed E-state index contributed by atoms with van der Waals surface area (Å²) < 4.78 is 0. The van der Waals surface area contributed by atoms with Crippen molar-refractivity contribution in [2.45, 2.75) is 13.8 Å². The summed E-state index contributed by atoms with van der Waals surface area (Å²) in [4.78, 5) is 15.9. The van der Waals surface area contributed by atoms with E-state index in [9.17, 15) is 0 Å². The van der Waals surface area contributed by atoms with Crippen LogP contribution in [0, 0.1) is 13.8 Å². The SMILES string of the molecule is CNc1nc(-c2ncc[nH]2)nc(C)c1C. The Morgan fingerprint density at radius 2 is 2.07 bits per heavy atom. The fourth-order valence-corrected chi connectivity index (χ4v) is 1.37. The molecule has 2 aromatic rings. The maximum absolute atomic E-state index is 4.38. The summed E-state index contributed by atoms with van der Waals surface area (Å²) in [6.07, 6.45) is 3.44. The molecule has 0 unspecified atom stereocenters. The van der Waals surface area contributed by atoms with E-state index in [1.165, 1.54) is 0 Å². The molecule has 0 radical (unpaired) electrons. The van der Waals surface area contributed by atoms with Crippen molar-refractivity contribution >= 4 is 5.82 Å². The van der Waals surface area contributed by atoms with E-state index in [1.54, 1.807) is 12.4 Å². The number of imidazole rings is 1. The maximum Gasteiger partial charge on any atom is 0.197 e. The van der Waals surface area contributed by atoms with E-state index in [1.807, 2.05) is 20.9 Å². The number of aromatic nitrogens is 4. The number of rotatable bonds is 2. The zero-order valence-corrected chi connectivity index (χ0v) is 9.00. The van der Waals surface area contributed by atoms with Crippen LogP contribution in [-0.4, -0.2) is 27.0 Å². The molecule has 0 aliphatic rings. The standard InChI is InChI=1S/C10H13N5/c1-6-7(2)14-10(15-8(6)11-3)9-12-4-5-13-9/h4-5H,1-3H3,(H,12,13)(H,11,14,15). The lowest BCUT2D eigenvalue weighted by Crippen LogP contribution is -2.03. The highest BCUT2D eigenvalue weighted by molar-refractivity contribution is 5.53. The quantitative estimate of drug-likeness (QED) is 0.776. The molecule has 5 heteroatoms. The van der Waals surface area contributed by atoms with Gasteiger partial charge in [-0.3, -0.25) is 0 Å². The van der Waals surface area contributed by atoms with Crippen LogP contribution in [0.25, 0.3) is 11.6 Å². The summed E-state index contributed by atoms with van der Waals surface area (Å²) in [5, 5.41) is 3.05. The Morgan fingerprint density at radius 1 is 1.27 bits per heavy atom. The largest absolute Gasteiger partial charge is 0.373 e. The summed E-state index contributed by atoms with van der Waals surface area (Å²) in [5.74, 6) is 2.15. The normalized spacial score (nSPS) is 10.3. The zero-order chi connectivity index (χ0) is 10.8. The first-order chi connectivity index (χ1) is 7.22. The minimum Gasteiger partial charge on any atom is -0.373 e. The lowest BCUT2D eigenvalue weighted by atomic mass is 10.2. The van der Waals surface area contributed by atoms with Gasteiger partial charge in [-0.05, 0) is 13.8 Å². The van der Waals surface area contributed by atoms with Crippen molar-refractivity contribution in [1.82, 2.24) is 19.9 Å². The summed E-state index contributed by atoms with van der Waals surface area (Å²) in [6, 6.07) is 0. The highest BCUT2D eigenvalue weighted by Crippen LogP contribution is 2.18. The first-order valence-corrected chi connectivity index (χ1v) is 4.75. The van der Waals surface area contributed by atoms with Crippen molar-refractivity contribution in [3.05, 3.63) is 23.7 Å². The third-order valence-electron chi connectivity index (χ3n) is 2.34. The van der Waals surface area contributed by atoms with Gasteiger partial charge in [0.25, 0.3) is 0 Å². The smallest absolute Gasteiger partial charge is 0.197 e. The summed E-state index contributed by atoms with van der Waals surface area (Å²) in [6.45, 7) is 3.96. The van der Waals surface area contributed by atoms with Gasteiger partial charge in [-0.2, -0.15) is 0 Å². The van der Waals surface area contributed by atoms with E-state index in [-0.39, 0.29) is 0 Å². The van der Waals surface area contributed by atoms with Crippen LogP contribution in [0.1, 0.15) is 11.3 Å². The molecule has 0 fully saturated rings. The molecule has 0 bridgehead atoms. The van der Waals surface area contributed by atoms with Crippen molar-refractivity contribution in [2.24, 2.45) is 0 Å². The number of anilines is 1. The van der Waals surface area contributed by atoms with Crippen LogP contribution in [-0.2, 0) is 0 Å². The van der Waals surface area contributed by atoms with Crippen LogP contribution in [0.3, 0.4) is 0 Å². The fraction of sp³-hybridized carbons (Fsp3) is 0.300. The predicted octanol–water partition coefficient (Wildman–Crippen LogP) is 1.53. The molecule has 78 valence electrons. The molecule has 0 aliphatic heterocycles. The Labute approximate surface area is 88.0 Å². The Morgan fingerprint density at radius 3 is 2.67 bits per heavy atom. The van der Waals surface area contributed by atoms with Crippen LogP contribution < -0.4 is 5.32 Å². The number of aromatic amines is 1. The average Bonchev–Trinajstić information content (AvgIpc) is 2.75. The Kier molecular flexibility index (Phi) is 2.37. The molecule has 0 saturated carbocycles. The third kappa shape index (κ3) is 1.68. The first-order valence-electron chi connectivity index (χ1n) is 4.75. The van der Waals surface area contributed by atoms with Crippen LogP contribution in [0.15, 0.2) is 12.4 Å². The number of aryl methyl sites for hydroxylation is 1. The molecular weight excluding hydrogens is 190 g/mol. The van der Waals surface area contributed by atoms with Crippen LogP contribution in [0.5, 0.6) is 0 Å². The predicted molar refractivity (Wildman–Crippen MR) is 58.6 cm³/mol. The lowest BCUT2D eigenvalue weighted by Gasteiger charge is -2.07. The van der Waals surface area contributed by atoms with Gasteiger partial charge >= 0.3 is 0 Å². The van der Waals surface area contributed by atoms with E-state index >= 15 is 0 Å². The summed E-state index contributed by atoms with van der Waals surface area (Å²) >= 11 is 0. The molecule has 0 amide bonds. The number of nitrogens with one attached hydrogen (secondary N) is 2. The second kappa shape index (κ2) is 3.68. The van der Waals surface area contributed by atoms with Gasteiger partial charge < -0.3 is 10.3 Å². The lowest BCUT2D eigenvalue weighted by molar-refractivity contribution is 1.04. The van der Waals surface area contributed by atoms with Gasteiger partial charge in [0.2, 0.25) is 0 Å². The van der Waals surface area contributed by atoms with Crippen molar-refractivity contribution in [3.63, 3.8) is 0 Å². The first kappa shape index (κ1) is 9.64. The van der Waals surface area contributed by atoms with Gasteiger partial charge in [0, 0.05) is 30.7 Å². The Balaban J connectivity index is 2.55. The Bertz CT molecular complexity index is 461. The van der Waals surface area contributed by atoms with Crippen molar-refractivity contribution in [2.75, 3.05) is 12.4 Å². The molecule has 0 atom stereocenters. The molecule has 2 heterocycles. The minimum atomic E-state index is 0.618. The van der Waals surface area contributed by atoms with Crippen LogP contribution in [0.4, 0.5) is 5.82 Å². The molecule has 0 spiro atoms. The van der Waals surface area contributed by atoms with Gasteiger partial charge in [-0.1, -0.05) is 0 Å². The number of nitrogens with zero attached hydrogens (tertiary/aromatic N) is 3. The topological polar surface area (TPSA) is 66.5 Å². The van der Waals surface area contributed by atoms with E-state index in [0.29, 0.717) is 11.6 Å². The molecule has 2 rings (SSSR count). The van der Waals surface area contributed by atoms with Gasteiger partial charge in [0.15, 0.2) is 11.6 Å². The number of H-pyrrole nitrogens is 1. The third-order valence-corrected chi connectivity index (χ3v) is 2.34. The molecule has 0 saturated heterocycles. The minimum absolute atomic E-state index is 0.618. The monoisotopic (exact) mass is 203 g/mol. The van der Waals surface area contributed by atoms with Crippen molar-refractivity contribution in [1.29, 1.82) is 0 Å². The highest BCUT2D eigenvalue weighted by Gasteiger charge is 2.09. The van der Waals surface area contributed by atoms with Crippen molar-refractivity contribution in [3.8, 4) is 11.6 Å². The van der Waals surface area contributed by atoms with Crippen molar-refractivity contribution < 1.29 is 0 Å². The van der Waals surface area contributed by atoms with E-state index in [2.05, 4.69) is 25.3 Å². The molecule has 0 aliphatic carbocycles. The molecule has 2 aromatic heterocycles. The Hall–Kier alpha value is -1.91. The fourth-order valence-electron chi connectivity index (χ4n) is 1.37. The van der Waals surface area contributed by atoms with Gasteiger partial charge in [0.05, 0.1) is 0 Å². The van der Waals surface area contributed by atoms with E-state index in [0.717, 1.165) is 17.1 Å². The van der Waals surface area contributed by atoms with Gasteiger partial charge in [-0.15, -0.1) is 0 Å². The molecule has 2 N–H and O–H groups in total. The number of hydrogen-bond donors (Lipinski definition) is 2. The molecule has 5 nitrogen and oxygen atoms in total. The highest BCUT2D eigenvalue weighted by atomic mass is 15.1. The molecule has 15 heavy (non-hydrogen) atoms. The molecular formula is C10H13N5. The zero-order valence-electron chi connectivity index (χ0n) is 9.00. The van der Waals surface area contributed by atoms with Crippen LogP contribution in [0.2, 0.25) is 0 Å². The van der Waals surface area contributed by atoms with Crippen LogP contribution >= 0.6 is 0 Å². The second-order valence-electron chi connectivity index (χ2n) is 3.29.